The summed E-state index contributed by atoms with van der Waals surface area (Å²) in [6, 6.07) is 8.56. The van der Waals surface area contributed by atoms with E-state index in [2.05, 4.69) is 61.3 Å². The molecule has 0 saturated carbocycles. The second-order valence-electron chi connectivity index (χ2n) is 10.2. The summed E-state index contributed by atoms with van der Waals surface area (Å²) in [5.41, 5.74) is 12.5. The number of nitriles is 1. The maximum atomic E-state index is 12.7. The number of carbonyl (C=O) groups excluding carboxylic acids is 1. The zero-order valence-electron chi connectivity index (χ0n) is 20.3. The molecule has 0 spiro atoms. The van der Waals surface area contributed by atoms with Crippen molar-refractivity contribution in [2.75, 3.05) is 0 Å². The fourth-order valence-electron chi connectivity index (χ4n) is 4.82. The number of hydrogen-bond donors (Lipinski definition) is 1. The van der Waals surface area contributed by atoms with E-state index in [0.717, 1.165) is 31.9 Å². The van der Waals surface area contributed by atoms with Gasteiger partial charge >= 0.3 is 0 Å². The van der Waals surface area contributed by atoms with Gasteiger partial charge in [0.05, 0.1) is 17.9 Å². The molecule has 1 aromatic rings. The van der Waals surface area contributed by atoms with Gasteiger partial charge in [-0.3, -0.25) is 4.79 Å². The minimum atomic E-state index is -0.0711. The number of nitrogens with zero attached hydrogens (tertiary/aromatic N) is 2. The molecule has 3 aliphatic rings. The number of ketones is 1. The zero-order chi connectivity index (χ0) is 24.3. The number of fused-ring (bicyclic) bond motifs is 2. The highest BCUT2D eigenvalue weighted by Gasteiger charge is 2.27. The predicted octanol–water partition coefficient (Wildman–Crippen LogP) is 5.68. The van der Waals surface area contributed by atoms with E-state index >= 15 is 0 Å². The van der Waals surface area contributed by atoms with Crippen LogP contribution in [0.25, 0.3) is 11.1 Å². The molecule has 2 heterocycles. The van der Waals surface area contributed by atoms with Crippen LogP contribution in [0.3, 0.4) is 0 Å². The summed E-state index contributed by atoms with van der Waals surface area (Å²) in [5, 5.41) is 9.01. The number of nitrogens with two attached hydrogens (primary N) is 1. The summed E-state index contributed by atoms with van der Waals surface area (Å²) in [7, 11) is 0. The lowest BCUT2D eigenvalue weighted by atomic mass is 9.76. The third kappa shape index (κ3) is 5.46. The van der Waals surface area contributed by atoms with Crippen LogP contribution in [0.5, 0.6) is 0 Å². The molecule has 2 N–H and O–H groups in total. The first-order chi connectivity index (χ1) is 16.3. The summed E-state index contributed by atoms with van der Waals surface area (Å²) >= 11 is 0. The quantitative estimate of drug-likeness (QED) is 0.326. The van der Waals surface area contributed by atoms with Gasteiger partial charge in [0.2, 0.25) is 0 Å². The molecule has 2 atom stereocenters. The highest BCUT2D eigenvalue weighted by Crippen LogP contribution is 2.40. The Morgan fingerprint density at radius 1 is 1.32 bits per heavy atom. The van der Waals surface area contributed by atoms with Gasteiger partial charge in [-0.2, -0.15) is 5.26 Å². The predicted molar refractivity (Wildman–Crippen MR) is 137 cm³/mol. The highest BCUT2D eigenvalue weighted by atomic mass is 16.5. The van der Waals surface area contributed by atoms with Crippen LogP contribution in [0, 0.1) is 16.7 Å². The number of ether oxygens (including phenoxy) is 1. The average Bonchev–Trinajstić information content (AvgIpc) is 3.17. The van der Waals surface area contributed by atoms with Crippen molar-refractivity contribution >= 4 is 22.6 Å². The maximum absolute atomic E-state index is 12.7. The van der Waals surface area contributed by atoms with E-state index in [0.29, 0.717) is 24.0 Å². The van der Waals surface area contributed by atoms with Crippen molar-refractivity contribution in [3.63, 3.8) is 0 Å². The van der Waals surface area contributed by atoms with E-state index in [9.17, 15) is 4.79 Å². The van der Waals surface area contributed by atoms with Gasteiger partial charge in [0, 0.05) is 19.0 Å². The number of benzene rings is 1. The number of Topliss-reactive ketones (excluding diaryl/α,β-unsaturated/α-hetero) is 1. The fourth-order valence-corrected chi connectivity index (χ4v) is 4.82. The summed E-state index contributed by atoms with van der Waals surface area (Å²) in [4.78, 5) is 16.8. The van der Waals surface area contributed by atoms with Crippen molar-refractivity contribution in [1.29, 1.82) is 5.26 Å². The number of rotatable bonds is 7. The van der Waals surface area contributed by atoms with E-state index in [1.807, 2.05) is 6.07 Å². The van der Waals surface area contributed by atoms with Crippen molar-refractivity contribution in [3.8, 4) is 6.07 Å². The molecule has 0 unspecified atom stereocenters. The number of carbonyl (C=O) groups is 1. The first-order valence-corrected chi connectivity index (χ1v) is 12.1. The Hall–Kier alpha value is -3.23. The summed E-state index contributed by atoms with van der Waals surface area (Å²) < 4.78 is 5.89. The van der Waals surface area contributed by atoms with Crippen LogP contribution in [0.4, 0.5) is 0 Å². The number of allylic oxidation sites excluding steroid dienone is 3. The van der Waals surface area contributed by atoms with Gasteiger partial charge in [0.1, 0.15) is 6.07 Å². The molecular formula is C29H33N3O2. The second kappa shape index (κ2) is 9.95. The SMILES string of the molecule is CC(=N/C(C#N)=C\N)C(=O)CCc1ccc(C2=C[C@@H]3C=C[C@H](C2)O3)cc1C1=CCC(C)(C)CC1. The Bertz CT molecular complexity index is 1170. The molecule has 5 nitrogen and oxygen atoms in total. The van der Waals surface area contributed by atoms with Gasteiger partial charge in [0.25, 0.3) is 0 Å². The van der Waals surface area contributed by atoms with Crippen molar-refractivity contribution in [2.45, 2.75) is 71.5 Å². The number of aryl methyl sites for hydroxylation is 1. The Morgan fingerprint density at radius 2 is 2.15 bits per heavy atom. The molecule has 0 amide bonds. The summed E-state index contributed by atoms with van der Waals surface area (Å²) in [6.07, 6.45) is 15.4. The molecule has 0 fully saturated rings. The monoisotopic (exact) mass is 455 g/mol. The summed E-state index contributed by atoms with van der Waals surface area (Å²) in [5.74, 6) is -0.0711. The third-order valence-electron chi connectivity index (χ3n) is 7.02. The van der Waals surface area contributed by atoms with Crippen molar-refractivity contribution in [2.24, 2.45) is 16.1 Å². The number of aliphatic imine (C=N–C) groups is 1. The first kappa shape index (κ1) is 23.9. The standard InChI is InChI=1S/C29H33N3O2/c1-19(32-24(17-30)18-31)28(33)9-6-20-4-5-22(23-14-25-7-8-26(15-23)34-25)16-27(20)21-10-12-29(2,3)13-11-21/h4-5,7-8,10,14,16-17,25-26H,6,9,11-13,15,30H2,1-3H3/b24-17-,32-19?/t25-,26+/m0/s1. The molecule has 0 aromatic heterocycles. The van der Waals surface area contributed by atoms with Crippen molar-refractivity contribution < 1.29 is 9.53 Å². The van der Waals surface area contributed by atoms with Crippen LogP contribution in [0.2, 0.25) is 0 Å². The van der Waals surface area contributed by atoms with Gasteiger partial charge in [-0.15, -0.1) is 0 Å². The normalized spacial score (nSPS) is 23.8. The van der Waals surface area contributed by atoms with E-state index in [4.69, 9.17) is 15.7 Å². The second-order valence-corrected chi connectivity index (χ2v) is 10.2. The molecule has 2 bridgehead atoms. The lowest BCUT2D eigenvalue weighted by Gasteiger charge is -2.30. The van der Waals surface area contributed by atoms with Crippen molar-refractivity contribution in [3.05, 3.63) is 71.1 Å². The van der Waals surface area contributed by atoms with E-state index in [1.54, 1.807) is 6.92 Å². The van der Waals surface area contributed by atoms with E-state index in [-0.39, 0.29) is 23.7 Å². The van der Waals surface area contributed by atoms with Crippen molar-refractivity contribution in [1.82, 2.24) is 0 Å². The topological polar surface area (TPSA) is 88.5 Å². The lowest BCUT2D eigenvalue weighted by Crippen LogP contribution is -2.17. The smallest absolute Gasteiger partial charge is 0.177 e. The third-order valence-corrected chi connectivity index (χ3v) is 7.02. The van der Waals surface area contributed by atoms with Gasteiger partial charge in [-0.25, -0.2) is 4.99 Å². The molecule has 0 radical (unpaired) electrons. The van der Waals surface area contributed by atoms with Gasteiger partial charge in [-0.1, -0.05) is 44.2 Å². The summed E-state index contributed by atoms with van der Waals surface area (Å²) in [6.45, 7) is 6.28. The lowest BCUT2D eigenvalue weighted by molar-refractivity contribution is -0.113. The van der Waals surface area contributed by atoms with E-state index in [1.165, 1.54) is 27.8 Å². The maximum Gasteiger partial charge on any atom is 0.177 e. The molecule has 0 saturated heterocycles. The fraction of sp³-hybridized carbons (Fsp3) is 0.414. The Balaban J connectivity index is 1.60. The minimum absolute atomic E-state index is 0.0547. The Morgan fingerprint density at radius 3 is 2.82 bits per heavy atom. The molecule has 1 aliphatic carbocycles. The van der Waals surface area contributed by atoms with Crippen LogP contribution in [0.15, 0.2) is 59.4 Å². The van der Waals surface area contributed by atoms with Crippen LogP contribution in [-0.4, -0.2) is 23.7 Å². The molecule has 1 aromatic carbocycles. The average molecular weight is 456 g/mol. The largest absolute Gasteiger partial charge is 0.402 e. The van der Waals surface area contributed by atoms with Crippen LogP contribution in [-0.2, 0) is 16.0 Å². The molecule has 4 rings (SSSR count). The van der Waals surface area contributed by atoms with Crippen LogP contribution < -0.4 is 5.73 Å². The number of hydrogen-bond acceptors (Lipinski definition) is 5. The molecule has 5 heteroatoms. The Labute approximate surface area is 202 Å². The Kier molecular flexibility index (Phi) is 7.00. The van der Waals surface area contributed by atoms with Gasteiger partial charge in [0.15, 0.2) is 11.5 Å². The van der Waals surface area contributed by atoms with Crippen LogP contribution >= 0.6 is 0 Å². The minimum Gasteiger partial charge on any atom is -0.402 e. The van der Waals surface area contributed by atoms with Gasteiger partial charge < -0.3 is 10.5 Å². The van der Waals surface area contributed by atoms with E-state index < -0.39 is 0 Å². The molecular weight excluding hydrogens is 422 g/mol. The zero-order valence-corrected chi connectivity index (χ0v) is 20.3. The first-order valence-electron chi connectivity index (χ1n) is 12.1. The highest BCUT2D eigenvalue weighted by molar-refractivity contribution is 6.39. The molecule has 176 valence electrons. The molecule has 34 heavy (non-hydrogen) atoms. The van der Waals surface area contributed by atoms with Crippen LogP contribution in [0.1, 0.15) is 69.6 Å². The van der Waals surface area contributed by atoms with Gasteiger partial charge in [-0.05, 0) is 78.0 Å². The molecule has 2 aliphatic heterocycles.